The summed E-state index contributed by atoms with van der Waals surface area (Å²) in [6.45, 7) is 0. The number of carbonyl (C=O) groups is 3. The lowest BCUT2D eigenvalue weighted by atomic mass is 10.00. The van der Waals surface area contributed by atoms with E-state index in [1.807, 2.05) is 0 Å². The molecule has 0 bridgehead atoms. The molecule has 3 aromatic carbocycles. The number of nitrogens with one attached hydrogen (secondary N) is 1. The third-order valence-corrected chi connectivity index (χ3v) is 5.03. The highest BCUT2D eigenvalue weighted by Crippen LogP contribution is 2.34. The van der Waals surface area contributed by atoms with E-state index in [-0.39, 0.29) is 0 Å². The van der Waals surface area contributed by atoms with Gasteiger partial charge in [-0.05, 0) is 24.3 Å². The quantitative estimate of drug-likeness (QED) is 0.300. The molecule has 5 nitrogen and oxygen atoms in total. The first-order valence-corrected chi connectivity index (χ1v) is 10.5. The molecule has 0 fully saturated rings. The molecule has 9 heteroatoms. The van der Waals surface area contributed by atoms with Gasteiger partial charge in [-0.3, -0.25) is 14.4 Å². The molecule has 1 amide bonds. The summed E-state index contributed by atoms with van der Waals surface area (Å²) >= 11 is 5.90. The zero-order valence-corrected chi connectivity index (χ0v) is 18.4. The monoisotopic (exact) mass is 489 g/mol. The fourth-order valence-electron chi connectivity index (χ4n) is 3.12. The number of hydrogen-bond acceptors (Lipinski definition) is 4. The fourth-order valence-corrected chi connectivity index (χ4v) is 3.25. The van der Waals surface area contributed by atoms with Crippen molar-refractivity contribution in [1.29, 1.82) is 0 Å². The number of ketones is 1. The molecule has 3 rings (SSSR count). The van der Waals surface area contributed by atoms with Crippen molar-refractivity contribution in [2.45, 2.75) is 25.1 Å². The summed E-state index contributed by atoms with van der Waals surface area (Å²) in [5, 5.41) is 2.59. The van der Waals surface area contributed by atoms with Crippen molar-refractivity contribution in [1.82, 2.24) is 0 Å². The molecule has 0 saturated heterocycles. The number of rotatable bonds is 8. The van der Waals surface area contributed by atoms with Gasteiger partial charge in [0.15, 0.2) is 6.10 Å². The SMILES string of the molecule is O=C(CCC(=O)O[C@H](C(=O)c1ccccc1)c1ccc(Cl)cc1)Nc1ccccc1C(F)(F)F. The van der Waals surface area contributed by atoms with Gasteiger partial charge in [0, 0.05) is 22.6 Å². The summed E-state index contributed by atoms with van der Waals surface area (Å²) in [5.41, 5.74) is -0.708. The number of benzene rings is 3. The first kappa shape index (κ1) is 25.0. The van der Waals surface area contributed by atoms with Crippen LogP contribution in [0.15, 0.2) is 78.9 Å². The molecular formula is C25H19ClF3NO4. The van der Waals surface area contributed by atoms with Crippen LogP contribution in [0.25, 0.3) is 0 Å². The van der Waals surface area contributed by atoms with E-state index in [9.17, 15) is 27.6 Å². The zero-order chi connectivity index (χ0) is 24.7. The lowest BCUT2D eigenvalue weighted by molar-refractivity contribution is -0.148. The molecule has 0 aromatic heterocycles. The normalized spacial score (nSPS) is 12.0. The molecule has 0 heterocycles. The number of halogens is 4. The maximum atomic E-state index is 13.1. The Kier molecular flexibility index (Phi) is 8.07. The number of alkyl halides is 3. The summed E-state index contributed by atoms with van der Waals surface area (Å²) in [4.78, 5) is 37.6. The molecule has 1 N–H and O–H groups in total. The Morgan fingerprint density at radius 2 is 1.47 bits per heavy atom. The molecule has 3 aromatic rings. The first-order chi connectivity index (χ1) is 16.1. The van der Waals surface area contributed by atoms with Gasteiger partial charge in [0.05, 0.1) is 17.7 Å². The van der Waals surface area contributed by atoms with Gasteiger partial charge in [-0.25, -0.2) is 0 Å². The van der Waals surface area contributed by atoms with Crippen LogP contribution >= 0.6 is 11.6 Å². The van der Waals surface area contributed by atoms with Gasteiger partial charge in [0.2, 0.25) is 11.7 Å². The summed E-state index contributed by atoms with van der Waals surface area (Å²) in [6, 6.07) is 18.9. The predicted molar refractivity (Wildman–Crippen MR) is 120 cm³/mol. The number of anilines is 1. The van der Waals surface area contributed by atoms with Crippen LogP contribution < -0.4 is 5.32 Å². The van der Waals surface area contributed by atoms with Crippen LogP contribution in [0.4, 0.5) is 18.9 Å². The maximum Gasteiger partial charge on any atom is 0.418 e. The van der Waals surface area contributed by atoms with Gasteiger partial charge in [-0.15, -0.1) is 0 Å². The van der Waals surface area contributed by atoms with Gasteiger partial charge < -0.3 is 10.1 Å². The van der Waals surface area contributed by atoms with Crippen molar-refractivity contribution >= 4 is 34.9 Å². The van der Waals surface area contributed by atoms with E-state index in [2.05, 4.69) is 5.32 Å². The highest BCUT2D eigenvalue weighted by atomic mass is 35.5. The number of ether oxygens (including phenoxy) is 1. The highest BCUT2D eigenvalue weighted by Gasteiger charge is 2.33. The minimum absolute atomic E-state index is 0.316. The van der Waals surface area contributed by atoms with Gasteiger partial charge in [0.25, 0.3) is 0 Å². The fraction of sp³-hybridized carbons (Fsp3) is 0.160. The van der Waals surface area contributed by atoms with Crippen LogP contribution in [0.3, 0.4) is 0 Å². The number of carbonyl (C=O) groups excluding carboxylic acids is 3. The van der Waals surface area contributed by atoms with Crippen molar-refractivity contribution in [2.24, 2.45) is 0 Å². The number of esters is 1. The van der Waals surface area contributed by atoms with Gasteiger partial charge in [-0.1, -0.05) is 66.2 Å². The van der Waals surface area contributed by atoms with E-state index in [4.69, 9.17) is 16.3 Å². The number of Topliss-reactive ketones (excluding diaryl/α,β-unsaturated/α-hetero) is 1. The Morgan fingerprint density at radius 3 is 2.12 bits per heavy atom. The Labute approximate surface area is 198 Å². The maximum absolute atomic E-state index is 13.1. The average Bonchev–Trinajstić information content (AvgIpc) is 2.82. The van der Waals surface area contributed by atoms with E-state index in [1.165, 1.54) is 12.1 Å². The number of amides is 1. The van der Waals surface area contributed by atoms with Gasteiger partial charge >= 0.3 is 12.1 Å². The highest BCUT2D eigenvalue weighted by molar-refractivity contribution is 6.30. The van der Waals surface area contributed by atoms with Crippen molar-refractivity contribution < 1.29 is 32.3 Å². The van der Waals surface area contributed by atoms with E-state index in [1.54, 1.807) is 54.6 Å². The zero-order valence-electron chi connectivity index (χ0n) is 17.6. The first-order valence-electron chi connectivity index (χ1n) is 10.2. The minimum atomic E-state index is -4.65. The van der Waals surface area contributed by atoms with E-state index >= 15 is 0 Å². The van der Waals surface area contributed by atoms with Crippen LogP contribution in [0.1, 0.15) is 40.4 Å². The van der Waals surface area contributed by atoms with Crippen molar-refractivity contribution in [3.8, 4) is 0 Å². The molecule has 0 unspecified atom stereocenters. The van der Waals surface area contributed by atoms with Gasteiger partial charge in [0.1, 0.15) is 0 Å². The topological polar surface area (TPSA) is 72.5 Å². The van der Waals surface area contributed by atoms with Crippen LogP contribution in [0.2, 0.25) is 5.02 Å². The molecule has 0 saturated carbocycles. The average molecular weight is 490 g/mol. The van der Waals surface area contributed by atoms with Crippen LogP contribution in [-0.4, -0.2) is 17.7 Å². The Hall–Kier alpha value is -3.65. The summed E-state index contributed by atoms with van der Waals surface area (Å²) in [6.07, 6.45) is -6.79. The molecule has 34 heavy (non-hydrogen) atoms. The largest absolute Gasteiger partial charge is 0.449 e. The Morgan fingerprint density at radius 1 is 0.853 bits per heavy atom. The smallest absolute Gasteiger partial charge is 0.418 e. The Balaban J connectivity index is 1.67. The van der Waals surface area contributed by atoms with E-state index in [0.717, 1.165) is 12.1 Å². The molecule has 0 aliphatic rings. The molecule has 176 valence electrons. The summed E-state index contributed by atoms with van der Waals surface area (Å²) in [5.74, 6) is -2.13. The minimum Gasteiger partial charge on any atom is -0.449 e. The van der Waals surface area contributed by atoms with Crippen LogP contribution in [-0.2, 0) is 20.5 Å². The van der Waals surface area contributed by atoms with Crippen molar-refractivity contribution in [2.75, 3.05) is 5.32 Å². The lowest BCUT2D eigenvalue weighted by Gasteiger charge is -2.18. The summed E-state index contributed by atoms with van der Waals surface area (Å²) in [7, 11) is 0. The lowest BCUT2D eigenvalue weighted by Crippen LogP contribution is -2.22. The second-order valence-corrected chi connectivity index (χ2v) is 7.68. The third-order valence-electron chi connectivity index (χ3n) is 4.78. The standard InChI is InChI=1S/C25H19ClF3NO4/c26-18-12-10-17(11-13-18)24(23(33)16-6-2-1-3-7-16)34-22(32)15-14-21(31)30-20-9-5-4-8-19(20)25(27,28)29/h1-13,24H,14-15H2,(H,30,31)/t24-/m0/s1. The molecule has 0 aliphatic heterocycles. The van der Waals surface area contributed by atoms with Crippen molar-refractivity contribution in [3.63, 3.8) is 0 Å². The molecular weight excluding hydrogens is 471 g/mol. The van der Waals surface area contributed by atoms with Crippen molar-refractivity contribution in [3.05, 3.63) is 101 Å². The molecule has 0 aliphatic carbocycles. The van der Waals surface area contributed by atoms with E-state index < -0.39 is 54.0 Å². The summed E-state index contributed by atoms with van der Waals surface area (Å²) < 4.78 is 44.7. The van der Waals surface area contributed by atoms with Crippen LogP contribution in [0.5, 0.6) is 0 Å². The third kappa shape index (κ3) is 6.68. The van der Waals surface area contributed by atoms with Gasteiger partial charge in [-0.2, -0.15) is 13.2 Å². The number of hydrogen-bond donors (Lipinski definition) is 1. The predicted octanol–water partition coefficient (Wildman–Crippen LogP) is 6.24. The second-order valence-electron chi connectivity index (χ2n) is 7.24. The molecule has 0 spiro atoms. The Bertz CT molecular complexity index is 1160. The number of para-hydroxylation sites is 1. The van der Waals surface area contributed by atoms with E-state index in [0.29, 0.717) is 16.1 Å². The molecule has 1 atom stereocenters. The van der Waals surface area contributed by atoms with Crippen LogP contribution in [0, 0.1) is 0 Å². The second kappa shape index (κ2) is 11.0. The molecule has 0 radical (unpaired) electrons.